The first-order valence-corrected chi connectivity index (χ1v) is 7.95. The van der Waals surface area contributed by atoms with Gasteiger partial charge in [-0.05, 0) is 24.3 Å². The summed E-state index contributed by atoms with van der Waals surface area (Å²) >= 11 is 1.42. The van der Waals surface area contributed by atoms with Crippen molar-refractivity contribution in [1.29, 1.82) is 0 Å². The van der Waals surface area contributed by atoms with Crippen LogP contribution in [0, 0.1) is 0 Å². The molecule has 6 nitrogen and oxygen atoms in total. The van der Waals surface area contributed by atoms with Gasteiger partial charge in [0.15, 0.2) is 16.6 Å². The third-order valence-corrected chi connectivity index (χ3v) is 4.39. The minimum absolute atomic E-state index is 0.298. The van der Waals surface area contributed by atoms with E-state index in [9.17, 15) is 4.79 Å². The van der Waals surface area contributed by atoms with Gasteiger partial charge in [-0.15, -0.1) is 0 Å². The number of nitrogens with one attached hydrogen (secondary N) is 1. The van der Waals surface area contributed by atoms with Crippen molar-refractivity contribution in [3.63, 3.8) is 0 Å². The smallest absolute Gasteiger partial charge is 0.257 e. The molecule has 7 heteroatoms. The molecular weight excluding hydrogens is 328 g/mol. The molecule has 2 aromatic carbocycles. The van der Waals surface area contributed by atoms with Gasteiger partial charge in [0.1, 0.15) is 0 Å². The standard InChI is InChI=1S/C17H16N2O4S/c1-21-12-8-10(9-13(22-2)15(12)23-3)16(20)19-17-18-11-6-4-5-7-14(11)24-17/h4-9H,1-3H3,(H,18,19,20). The summed E-state index contributed by atoms with van der Waals surface area (Å²) in [5.74, 6) is 0.988. The molecule has 3 aromatic rings. The van der Waals surface area contributed by atoms with Crippen molar-refractivity contribution >= 4 is 32.6 Å². The maximum atomic E-state index is 12.5. The Labute approximate surface area is 143 Å². The molecule has 0 aliphatic rings. The molecule has 1 aromatic heterocycles. The molecule has 24 heavy (non-hydrogen) atoms. The van der Waals surface area contributed by atoms with Gasteiger partial charge in [0, 0.05) is 5.56 Å². The van der Waals surface area contributed by atoms with Crippen molar-refractivity contribution in [3.8, 4) is 17.2 Å². The lowest BCUT2D eigenvalue weighted by molar-refractivity contribution is 0.102. The highest BCUT2D eigenvalue weighted by molar-refractivity contribution is 7.22. The summed E-state index contributed by atoms with van der Waals surface area (Å²) in [5.41, 5.74) is 1.24. The van der Waals surface area contributed by atoms with Crippen molar-refractivity contribution in [2.45, 2.75) is 0 Å². The Morgan fingerprint density at radius 3 is 2.29 bits per heavy atom. The second kappa shape index (κ2) is 6.76. The van der Waals surface area contributed by atoms with Crippen molar-refractivity contribution in [3.05, 3.63) is 42.0 Å². The van der Waals surface area contributed by atoms with Crippen molar-refractivity contribution in [2.75, 3.05) is 26.6 Å². The number of fused-ring (bicyclic) bond motifs is 1. The molecule has 0 bridgehead atoms. The average Bonchev–Trinajstić information content (AvgIpc) is 3.02. The second-order valence-electron chi connectivity index (χ2n) is 4.85. The molecule has 1 heterocycles. The summed E-state index contributed by atoms with van der Waals surface area (Å²) in [7, 11) is 4.53. The van der Waals surface area contributed by atoms with Gasteiger partial charge in [-0.25, -0.2) is 4.98 Å². The van der Waals surface area contributed by atoms with Crippen LogP contribution in [0.1, 0.15) is 10.4 Å². The van der Waals surface area contributed by atoms with Gasteiger partial charge in [0.25, 0.3) is 5.91 Å². The van der Waals surface area contributed by atoms with Crippen LogP contribution in [0.3, 0.4) is 0 Å². The van der Waals surface area contributed by atoms with E-state index in [1.807, 2.05) is 24.3 Å². The zero-order valence-corrected chi connectivity index (χ0v) is 14.3. The molecule has 1 N–H and O–H groups in total. The molecule has 0 aliphatic heterocycles. The predicted molar refractivity (Wildman–Crippen MR) is 93.7 cm³/mol. The number of carbonyl (C=O) groups is 1. The minimum Gasteiger partial charge on any atom is -0.493 e. The number of benzene rings is 2. The number of para-hydroxylation sites is 1. The fourth-order valence-corrected chi connectivity index (χ4v) is 3.17. The van der Waals surface area contributed by atoms with Crippen LogP contribution in [0.15, 0.2) is 36.4 Å². The lowest BCUT2D eigenvalue weighted by Gasteiger charge is -2.13. The van der Waals surface area contributed by atoms with Gasteiger partial charge in [0.2, 0.25) is 5.75 Å². The summed E-state index contributed by atoms with van der Waals surface area (Å²) in [6, 6.07) is 10.9. The summed E-state index contributed by atoms with van der Waals surface area (Å²) < 4.78 is 16.8. The molecule has 0 radical (unpaired) electrons. The number of aromatic nitrogens is 1. The number of nitrogens with zero attached hydrogens (tertiary/aromatic N) is 1. The van der Waals surface area contributed by atoms with Crippen LogP contribution in [0.2, 0.25) is 0 Å². The molecule has 0 fully saturated rings. The molecule has 124 valence electrons. The Morgan fingerprint density at radius 2 is 1.71 bits per heavy atom. The van der Waals surface area contributed by atoms with Gasteiger partial charge >= 0.3 is 0 Å². The van der Waals surface area contributed by atoms with Gasteiger partial charge in [-0.3, -0.25) is 10.1 Å². The van der Waals surface area contributed by atoms with E-state index >= 15 is 0 Å². The van der Waals surface area contributed by atoms with E-state index in [4.69, 9.17) is 14.2 Å². The molecule has 0 atom stereocenters. The number of ether oxygens (including phenoxy) is 3. The Bertz CT molecular complexity index is 833. The molecule has 0 saturated heterocycles. The predicted octanol–water partition coefficient (Wildman–Crippen LogP) is 3.57. The summed E-state index contributed by atoms with van der Waals surface area (Å²) in [6.07, 6.45) is 0. The Hall–Kier alpha value is -2.80. The number of amides is 1. The fourth-order valence-electron chi connectivity index (χ4n) is 2.31. The Kier molecular flexibility index (Phi) is 4.52. The maximum absolute atomic E-state index is 12.5. The topological polar surface area (TPSA) is 69.7 Å². The van der Waals surface area contributed by atoms with Crippen LogP contribution in [0.4, 0.5) is 5.13 Å². The summed E-state index contributed by atoms with van der Waals surface area (Å²) in [5, 5.41) is 3.34. The first-order valence-electron chi connectivity index (χ1n) is 7.13. The number of anilines is 1. The van der Waals surface area contributed by atoms with Crippen LogP contribution in [-0.2, 0) is 0 Å². The third kappa shape index (κ3) is 2.98. The zero-order valence-electron chi connectivity index (χ0n) is 13.5. The molecule has 3 rings (SSSR count). The van der Waals surface area contributed by atoms with Gasteiger partial charge in [-0.2, -0.15) is 0 Å². The molecule has 0 unspecified atom stereocenters. The fraction of sp³-hybridized carbons (Fsp3) is 0.176. The number of hydrogen-bond acceptors (Lipinski definition) is 6. The normalized spacial score (nSPS) is 10.5. The van der Waals surface area contributed by atoms with Crippen LogP contribution in [0.5, 0.6) is 17.2 Å². The molecule has 1 amide bonds. The molecular formula is C17H16N2O4S. The van der Waals surface area contributed by atoms with Crippen molar-refractivity contribution in [2.24, 2.45) is 0 Å². The van der Waals surface area contributed by atoms with Gasteiger partial charge in [-0.1, -0.05) is 23.5 Å². The maximum Gasteiger partial charge on any atom is 0.257 e. The third-order valence-electron chi connectivity index (χ3n) is 3.44. The van der Waals surface area contributed by atoms with E-state index < -0.39 is 0 Å². The molecule has 0 saturated carbocycles. The minimum atomic E-state index is -0.298. The van der Waals surface area contributed by atoms with Gasteiger partial charge in [0.05, 0.1) is 31.5 Å². The monoisotopic (exact) mass is 344 g/mol. The highest BCUT2D eigenvalue weighted by Gasteiger charge is 2.18. The lowest BCUT2D eigenvalue weighted by atomic mass is 10.1. The highest BCUT2D eigenvalue weighted by Crippen LogP contribution is 2.38. The van der Waals surface area contributed by atoms with Crippen LogP contribution in [0.25, 0.3) is 10.2 Å². The number of thiazole rings is 1. The van der Waals surface area contributed by atoms with E-state index in [-0.39, 0.29) is 5.91 Å². The van der Waals surface area contributed by atoms with E-state index in [2.05, 4.69) is 10.3 Å². The van der Waals surface area contributed by atoms with E-state index in [0.717, 1.165) is 10.2 Å². The average molecular weight is 344 g/mol. The highest BCUT2D eigenvalue weighted by atomic mass is 32.1. The number of rotatable bonds is 5. The number of methoxy groups -OCH3 is 3. The first kappa shape index (κ1) is 16.1. The lowest BCUT2D eigenvalue weighted by Crippen LogP contribution is -2.12. The van der Waals surface area contributed by atoms with Crippen LogP contribution in [-0.4, -0.2) is 32.2 Å². The number of hydrogen-bond donors (Lipinski definition) is 1. The van der Waals surface area contributed by atoms with Crippen LogP contribution >= 0.6 is 11.3 Å². The first-order chi connectivity index (χ1) is 11.7. The summed E-state index contributed by atoms with van der Waals surface area (Å²) in [4.78, 5) is 16.9. The van der Waals surface area contributed by atoms with Crippen molar-refractivity contribution in [1.82, 2.24) is 4.98 Å². The molecule has 0 spiro atoms. The largest absolute Gasteiger partial charge is 0.493 e. The number of carbonyl (C=O) groups excluding carboxylic acids is 1. The van der Waals surface area contributed by atoms with Gasteiger partial charge < -0.3 is 14.2 Å². The second-order valence-corrected chi connectivity index (χ2v) is 5.89. The zero-order chi connectivity index (χ0) is 17.1. The van der Waals surface area contributed by atoms with Crippen molar-refractivity contribution < 1.29 is 19.0 Å². The van der Waals surface area contributed by atoms with E-state index in [0.29, 0.717) is 27.9 Å². The Balaban J connectivity index is 1.91. The van der Waals surface area contributed by atoms with E-state index in [1.165, 1.54) is 32.7 Å². The SMILES string of the molecule is COc1cc(C(=O)Nc2nc3ccccc3s2)cc(OC)c1OC. The Morgan fingerprint density at radius 1 is 1.04 bits per heavy atom. The molecule has 0 aliphatic carbocycles. The summed E-state index contributed by atoms with van der Waals surface area (Å²) in [6.45, 7) is 0. The van der Waals surface area contributed by atoms with Crippen LogP contribution < -0.4 is 19.5 Å². The van der Waals surface area contributed by atoms with E-state index in [1.54, 1.807) is 12.1 Å². The quantitative estimate of drug-likeness (QED) is 0.766.